The van der Waals surface area contributed by atoms with Crippen LogP contribution in [0, 0.1) is 0 Å². The highest BCUT2D eigenvalue weighted by atomic mass is 79.9. The highest BCUT2D eigenvalue weighted by Crippen LogP contribution is 2.47. The van der Waals surface area contributed by atoms with Crippen LogP contribution in [0.5, 0.6) is 0 Å². The lowest BCUT2D eigenvalue weighted by atomic mass is 9.95. The van der Waals surface area contributed by atoms with Crippen LogP contribution in [0.3, 0.4) is 0 Å². The topological polar surface area (TPSA) is 52.6 Å². The van der Waals surface area contributed by atoms with Gasteiger partial charge in [-0.2, -0.15) is 0 Å². The average molecular weight is 1850 g/mol. The largest absolute Gasteiger partial charge is 0.455 e. The highest BCUT2D eigenvalue weighted by Gasteiger charge is 2.22. The van der Waals surface area contributed by atoms with Crippen molar-refractivity contribution in [1.82, 2.24) is 0 Å². The molecule has 124 heavy (non-hydrogen) atoms. The molecule has 24 aromatic rings. The monoisotopic (exact) mass is 1840 g/mol. The molecular weight excluding hydrogens is 1780 g/mol. The van der Waals surface area contributed by atoms with Gasteiger partial charge in [0.25, 0.3) is 0 Å². The van der Waals surface area contributed by atoms with Crippen molar-refractivity contribution in [1.29, 1.82) is 0 Å². The summed E-state index contributed by atoms with van der Waals surface area (Å²) in [5, 5.41) is 14.1. The Labute approximate surface area is 750 Å². The third-order valence-corrected chi connectivity index (χ3v) is 25.6. The van der Waals surface area contributed by atoms with Gasteiger partial charge in [-0.15, -0.1) is 0 Å². The zero-order chi connectivity index (χ0) is 83.1. The van der Waals surface area contributed by atoms with Crippen molar-refractivity contribution in [2.24, 2.45) is 0 Å². The first-order chi connectivity index (χ1) is 61.1. The van der Waals surface area contributed by atoms with Crippen LogP contribution in [0.1, 0.15) is 0 Å². The van der Waals surface area contributed by atoms with Gasteiger partial charge < -0.3 is 17.7 Å². The molecule has 0 aliphatic heterocycles. The van der Waals surface area contributed by atoms with Gasteiger partial charge in [-0.3, -0.25) is 0 Å². The molecule has 24 rings (SSSR count). The Morgan fingerprint density at radius 3 is 0.895 bits per heavy atom. The maximum Gasteiger partial charge on any atom is 0.143 e. The van der Waals surface area contributed by atoms with Crippen LogP contribution in [0.4, 0.5) is 0 Å². The maximum absolute atomic E-state index is 6.72. The standard InChI is InChI=1S/C32H19BrO.2C30H19BrO.C24H15BrO/c33-29-18-6-5-11-22(29)20-9-7-10-21(19-20)23-16-8-17-28-30-26-14-3-1-12-24(26)25-13-2-4-15-27(25)32(30)34-31(23)28;31-25-12-5-10-22(18-25)21-9-4-11-24(17-21)26-13-6-14-27-28-19-23(20-7-2-1-3-8-20)15-16-29(28)32-30(26)27;31-25-15-12-21(13-16-25)22-8-4-9-24(18-22)26-10-5-11-27-28-19-23(20-6-2-1-3-7-20)14-17-29(28)32-30(26)27;25-19-13-11-16(12-14-19)17-5-3-6-18(15-17)20-8-4-9-22-21-7-1-2-10-23(21)26-24(20)22/h1-19H;2*1-19H;1-15H. The van der Waals surface area contributed by atoms with Crippen LogP contribution < -0.4 is 0 Å². The summed E-state index contributed by atoms with van der Waals surface area (Å²) in [5.74, 6) is 0. The van der Waals surface area contributed by atoms with E-state index in [0.29, 0.717) is 0 Å². The number of rotatable bonds is 10. The van der Waals surface area contributed by atoms with Gasteiger partial charge in [0.15, 0.2) is 0 Å². The lowest BCUT2D eigenvalue weighted by Crippen LogP contribution is -1.83. The number of benzene rings is 20. The van der Waals surface area contributed by atoms with Crippen molar-refractivity contribution in [2.45, 2.75) is 0 Å². The first kappa shape index (κ1) is 77.4. The van der Waals surface area contributed by atoms with Crippen molar-refractivity contribution in [2.75, 3.05) is 0 Å². The molecule has 4 aromatic heterocycles. The number of halogens is 4. The van der Waals surface area contributed by atoms with E-state index in [1.807, 2.05) is 36.4 Å². The Bertz CT molecular complexity index is 8160. The van der Waals surface area contributed by atoms with E-state index in [1.54, 1.807) is 0 Å². The molecule has 0 N–H and O–H groups in total. The molecule has 0 spiro atoms. The molecule has 0 radical (unpaired) electrons. The summed E-state index contributed by atoms with van der Waals surface area (Å²) in [6.45, 7) is 0. The van der Waals surface area contributed by atoms with Crippen LogP contribution in [-0.4, -0.2) is 0 Å². The van der Waals surface area contributed by atoms with E-state index in [1.165, 1.54) is 88.3 Å². The first-order valence-electron chi connectivity index (χ1n) is 41.2. The Kier molecular flexibility index (Phi) is 21.1. The van der Waals surface area contributed by atoms with Gasteiger partial charge in [0, 0.05) is 88.6 Å². The molecule has 0 aliphatic rings. The van der Waals surface area contributed by atoms with E-state index in [0.717, 1.165) is 150 Å². The van der Waals surface area contributed by atoms with Gasteiger partial charge in [0.2, 0.25) is 0 Å². The number of fused-ring (bicyclic) bond motifs is 17. The van der Waals surface area contributed by atoms with Gasteiger partial charge in [0.05, 0.1) is 0 Å². The minimum atomic E-state index is 0.912. The van der Waals surface area contributed by atoms with E-state index in [-0.39, 0.29) is 0 Å². The molecule has 0 fully saturated rings. The second kappa shape index (κ2) is 33.8. The molecule has 4 nitrogen and oxygen atoms in total. The SMILES string of the molecule is Brc1ccc(-c2cccc(-c3cccc4c3oc3ccc(-c5ccccc5)cc34)c2)cc1.Brc1ccc(-c2cccc(-c3cccc4c3oc3ccccc34)c2)cc1.Brc1cccc(-c2cccc(-c3cccc4c3oc3ccc(-c5ccccc5)cc34)c2)c1.Brc1ccccc1-c1cccc(-c2cccc3c2oc2c4ccccc4c4ccccc4c32)c1. The van der Waals surface area contributed by atoms with Crippen molar-refractivity contribution < 1.29 is 17.7 Å². The summed E-state index contributed by atoms with van der Waals surface area (Å²) in [4.78, 5) is 0. The normalized spacial score (nSPS) is 11.4. The van der Waals surface area contributed by atoms with Crippen molar-refractivity contribution in [3.8, 4) is 111 Å². The highest BCUT2D eigenvalue weighted by molar-refractivity contribution is 9.11. The summed E-state index contributed by atoms with van der Waals surface area (Å²) < 4.78 is 30.0. The third-order valence-electron chi connectivity index (χ3n) is 23.4. The molecule has 0 bridgehead atoms. The minimum Gasteiger partial charge on any atom is -0.455 e. The molecule has 0 saturated carbocycles. The van der Waals surface area contributed by atoms with Crippen molar-refractivity contribution in [3.05, 3.63) is 455 Å². The molecule has 0 saturated heterocycles. The molecule has 0 unspecified atom stereocenters. The van der Waals surface area contributed by atoms with Gasteiger partial charge >= 0.3 is 0 Å². The molecule has 4 heterocycles. The number of hydrogen-bond donors (Lipinski definition) is 0. The summed E-state index contributed by atoms with van der Waals surface area (Å²) in [5.41, 5.74) is 30.8. The Morgan fingerprint density at radius 1 is 0.137 bits per heavy atom. The summed E-state index contributed by atoms with van der Waals surface area (Å²) >= 11 is 14.3. The quantitative estimate of drug-likeness (QED) is 0.128. The van der Waals surface area contributed by atoms with Crippen molar-refractivity contribution in [3.63, 3.8) is 0 Å². The summed E-state index contributed by atoms with van der Waals surface area (Å²) in [6.07, 6.45) is 0. The molecule has 0 atom stereocenters. The predicted molar refractivity (Wildman–Crippen MR) is 535 cm³/mol. The molecular formula is C116H72Br4O4. The fourth-order valence-electron chi connectivity index (χ4n) is 17.4. The molecule has 588 valence electrons. The Hall–Kier alpha value is -14.0. The zero-order valence-electron chi connectivity index (χ0n) is 66.7. The summed E-state index contributed by atoms with van der Waals surface area (Å²) in [7, 11) is 0. The fraction of sp³-hybridized carbons (Fsp3) is 0. The molecule has 8 heteroatoms. The summed E-state index contributed by atoms with van der Waals surface area (Å²) in [6, 6.07) is 153. The molecule has 20 aromatic carbocycles. The van der Waals surface area contributed by atoms with Gasteiger partial charge in [-0.1, -0.05) is 403 Å². The van der Waals surface area contributed by atoms with Crippen LogP contribution >= 0.6 is 63.7 Å². The van der Waals surface area contributed by atoms with Gasteiger partial charge in [-0.25, -0.2) is 0 Å². The molecule has 0 aliphatic carbocycles. The minimum absolute atomic E-state index is 0.912. The number of para-hydroxylation sites is 5. The van der Waals surface area contributed by atoms with E-state index in [9.17, 15) is 0 Å². The Morgan fingerprint density at radius 2 is 0.419 bits per heavy atom. The smallest absolute Gasteiger partial charge is 0.143 e. The van der Waals surface area contributed by atoms with Gasteiger partial charge in [0.1, 0.15) is 44.7 Å². The predicted octanol–water partition coefficient (Wildman–Crippen LogP) is 36.4. The lowest BCUT2D eigenvalue weighted by molar-refractivity contribution is 0.669. The lowest BCUT2D eigenvalue weighted by Gasteiger charge is -2.08. The van der Waals surface area contributed by atoms with E-state index >= 15 is 0 Å². The second-order valence-corrected chi connectivity index (χ2v) is 34.5. The fourth-order valence-corrected chi connectivity index (χ4v) is 18.8. The third kappa shape index (κ3) is 15.1. The van der Waals surface area contributed by atoms with Crippen LogP contribution in [0.2, 0.25) is 0 Å². The van der Waals surface area contributed by atoms with Crippen LogP contribution in [-0.2, 0) is 0 Å². The van der Waals surface area contributed by atoms with Crippen molar-refractivity contribution >= 4 is 173 Å². The maximum atomic E-state index is 6.72. The van der Waals surface area contributed by atoms with E-state index < -0.39 is 0 Å². The number of furan rings is 4. The Balaban J connectivity index is 0.000000102. The first-order valence-corrected chi connectivity index (χ1v) is 44.4. The van der Waals surface area contributed by atoms with Crippen LogP contribution in [0.25, 0.3) is 221 Å². The van der Waals surface area contributed by atoms with Gasteiger partial charge in [-0.05, 0) is 202 Å². The molecule has 0 amide bonds. The zero-order valence-corrected chi connectivity index (χ0v) is 73.1. The van der Waals surface area contributed by atoms with E-state index in [4.69, 9.17) is 17.7 Å². The van der Waals surface area contributed by atoms with E-state index in [2.05, 4.69) is 464 Å². The second-order valence-electron chi connectivity index (χ2n) is 30.9. The number of hydrogen-bond acceptors (Lipinski definition) is 4. The van der Waals surface area contributed by atoms with Crippen LogP contribution in [0.15, 0.2) is 472 Å². The average Bonchev–Trinajstić information content (AvgIpc) is 1.54.